The van der Waals surface area contributed by atoms with Gasteiger partial charge in [-0.2, -0.15) is 0 Å². The lowest BCUT2D eigenvalue weighted by Crippen LogP contribution is -1.90. The first-order valence-corrected chi connectivity index (χ1v) is 4.39. The van der Waals surface area contributed by atoms with Crippen molar-refractivity contribution in [2.75, 3.05) is 5.73 Å². The highest BCUT2D eigenvalue weighted by Gasteiger charge is 1.98. The summed E-state index contributed by atoms with van der Waals surface area (Å²) in [5, 5.41) is 0. The molecule has 2 rings (SSSR count). The van der Waals surface area contributed by atoms with Crippen LogP contribution in [0.4, 0.5) is 10.1 Å². The largest absolute Gasteiger partial charge is 0.439 e. The lowest BCUT2D eigenvalue weighted by Gasteiger charge is -2.04. The second-order valence-corrected chi connectivity index (χ2v) is 2.99. The second-order valence-electron chi connectivity index (χ2n) is 2.99. The molecule has 0 radical (unpaired) electrons. The molecule has 0 unspecified atom stereocenters. The van der Waals surface area contributed by atoms with E-state index in [0.717, 1.165) is 6.20 Å². The fourth-order valence-electron chi connectivity index (χ4n) is 1.12. The number of rotatable bonds is 2. The van der Waals surface area contributed by atoms with Crippen LogP contribution in [-0.4, -0.2) is 4.98 Å². The van der Waals surface area contributed by atoms with Crippen LogP contribution in [0.5, 0.6) is 11.6 Å². The zero-order valence-corrected chi connectivity index (χ0v) is 7.85. The summed E-state index contributed by atoms with van der Waals surface area (Å²) in [6.07, 6.45) is 1.10. The van der Waals surface area contributed by atoms with E-state index in [-0.39, 0.29) is 0 Å². The molecule has 1 aromatic carbocycles. The average Bonchev–Trinajstić information content (AvgIpc) is 2.22. The maximum Gasteiger partial charge on any atom is 0.219 e. The van der Waals surface area contributed by atoms with Gasteiger partial charge >= 0.3 is 0 Å². The topological polar surface area (TPSA) is 48.1 Å². The highest BCUT2D eigenvalue weighted by Crippen LogP contribution is 2.20. The highest BCUT2D eigenvalue weighted by molar-refractivity contribution is 5.44. The predicted octanol–water partition coefficient (Wildman–Crippen LogP) is 2.60. The van der Waals surface area contributed by atoms with Crippen molar-refractivity contribution in [3.63, 3.8) is 0 Å². The lowest BCUT2D eigenvalue weighted by molar-refractivity contribution is 0.459. The number of aromatic nitrogens is 1. The van der Waals surface area contributed by atoms with Crippen molar-refractivity contribution in [2.24, 2.45) is 0 Å². The van der Waals surface area contributed by atoms with Gasteiger partial charge in [-0.3, -0.25) is 0 Å². The van der Waals surface area contributed by atoms with E-state index >= 15 is 0 Å². The fourth-order valence-corrected chi connectivity index (χ4v) is 1.12. The maximum absolute atomic E-state index is 12.6. The van der Waals surface area contributed by atoms with Crippen molar-refractivity contribution in [1.82, 2.24) is 4.98 Å². The summed E-state index contributed by atoms with van der Waals surface area (Å²) < 4.78 is 17.9. The van der Waals surface area contributed by atoms with Crippen LogP contribution in [0.25, 0.3) is 0 Å². The van der Waals surface area contributed by atoms with E-state index in [2.05, 4.69) is 4.98 Å². The van der Waals surface area contributed by atoms with Crippen molar-refractivity contribution in [3.05, 3.63) is 48.4 Å². The maximum atomic E-state index is 12.6. The number of nitrogens with zero attached hydrogens (tertiary/aromatic N) is 1. The lowest BCUT2D eigenvalue weighted by atomic mass is 10.3. The molecule has 1 aromatic heterocycles. The molecule has 0 saturated carbocycles. The van der Waals surface area contributed by atoms with Gasteiger partial charge in [-0.05, 0) is 18.2 Å². The molecule has 0 spiro atoms. The minimum absolute atomic E-state index is 0.335. The summed E-state index contributed by atoms with van der Waals surface area (Å²) in [6, 6.07) is 9.69. The monoisotopic (exact) mass is 204 g/mol. The first-order valence-electron chi connectivity index (χ1n) is 4.39. The minimum atomic E-state index is -0.394. The van der Waals surface area contributed by atoms with Crippen molar-refractivity contribution in [2.45, 2.75) is 0 Å². The Bertz CT molecular complexity index is 456. The molecule has 15 heavy (non-hydrogen) atoms. The number of benzene rings is 1. The molecular formula is C11H9FN2O. The standard InChI is InChI=1S/C11H9FN2O/c12-8-4-5-11(14-7-8)15-10-3-1-2-9(13)6-10/h1-7H,13H2. The number of anilines is 1. The molecule has 76 valence electrons. The van der Waals surface area contributed by atoms with Crippen molar-refractivity contribution in [3.8, 4) is 11.6 Å². The number of halogens is 1. The minimum Gasteiger partial charge on any atom is -0.439 e. The first-order chi connectivity index (χ1) is 7.24. The van der Waals surface area contributed by atoms with E-state index < -0.39 is 5.82 Å². The van der Waals surface area contributed by atoms with E-state index in [4.69, 9.17) is 10.5 Å². The number of ether oxygens (including phenoxy) is 1. The third kappa shape index (κ3) is 2.43. The molecule has 0 aliphatic rings. The SMILES string of the molecule is Nc1cccc(Oc2ccc(F)cn2)c1. The van der Waals surface area contributed by atoms with Crippen molar-refractivity contribution < 1.29 is 9.13 Å². The van der Waals surface area contributed by atoms with Gasteiger partial charge in [0, 0.05) is 17.8 Å². The van der Waals surface area contributed by atoms with Gasteiger partial charge < -0.3 is 10.5 Å². The van der Waals surface area contributed by atoms with Crippen molar-refractivity contribution in [1.29, 1.82) is 0 Å². The van der Waals surface area contributed by atoms with E-state index in [0.29, 0.717) is 17.3 Å². The Balaban J connectivity index is 2.18. The molecule has 0 aliphatic heterocycles. The van der Waals surface area contributed by atoms with E-state index in [1.54, 1.807) is 24.3 Å². The molecule has 0 fully saturated rings. The third-order valence-electron chi connectivity index (χ3n) is 1.78. The number of hydrogen-bond acceptors (Lipinski definition) is 3. The van der Waals surface area contributed by atoms with Gasteiger partial charge in [-0.25, -0.2) is 9.37 Å². The zero-order valence-electron chi connectivity index (χ0n) is 7.85. The number of hydrogen-bond donors (Lipinski definition) is 1. The molecule has 0 atom stereocenters. The van der Waals surface area contributed by atoms with Crippen LogP contribution >= 0.6 is 0 Å². The van der Waals surface area contributed by atoms with E-state index in [1.165, 1.54) is 12.1 Å². The molecule has 3 nitrogen and oxygen atoms in total. The first kappa shape index (κ1) is 9.45. The summed E-state index contributed by atoms with van der Waals surface area (Å²) >= 11 is 0. The van der Waals surface area contributed by atoms with Crippen LogP contribution in [0.3, 0.4) is 0 Å². The van der Waals surface area contributed by atoms with Gasteiger partial charge in [0.2, 0.25) is 5.88 Å². The summed E-state index contributed by atoms with van der Waals surface area (Å²) in [4.78, 5) is 3.77. The second kappa shape index (κ2) is 3.96. The molecule has 0 bridgehead atoms. The molecule has 2 aromatic rings. The Hall–Kier alpha value is -2.10. The summed E-state index contributed by atoms with van der Waals surface area (Å²) in [5.74, 6) is 0.519. The molecule has 1 heterocycles. The Kier molecular flexibility index (Phi) is 2.49. The van der Waals surface area contributed by atoms with Crippen LogP contribution in [0.1, 0.15) is 0 Å². The number of pyridine rings is 1. The van der Waals surface area contributed by atoms with Gasteiger partial charge in [0.25, 0.3) is 0 Å². The Morgan fingerprint density at radius 1 is 1.20 bits per heavy atom. The molecule has 4 heteroatoms. The third-order valence-corrected chi connectivity index (χ3v) is 1.78. The van der Waals surface area contributed by atoms with Gasteiger partial charge in [0.15, 0.2) is 0 Å². The van der Waals surface area contributed by atoms with Crippen LogP contribution in [-0.2, 0) is 0 Å². The molecule has 0 aliphatic carbocycles. The van der Waals surface area contributed by atoms with E-state index in [1.807, 2.05) is 0 Å². The Morgan fingerprint density at radius 3 is 2.73 bits per heavy atom. The Morgan fingerprint density at radius 2 is 2.07 bits per heavy atom. The quantitative estimate of drug-likeness (QED) is 0.765. The van der Waals surface area contributed by atoms with Gasteiger partial charge in [0.05, 0.1) is 6.20 Å². The molecular weight excluding hydrogens is 195 g/mol. The predicted molar refractivity (Wildman–Crippen MR) is 55.1 cm³/mol. The van der Waals surface area contributed by atoms with Crippen molar-refractivity contribution >= 4 is 5.69 Å². The summed E-state index contributed by atoms with van der Waals surface area (Å²) in [7, 11) is 0. The fraction of sp³-hybridized carbons (Fsp3) is 0. The molecule has 0 amide bonds. The van der Waals surface area contributed by atoms with Crippen LogP contribution in [0.15, 0.2) is 42.6 Å². The van der Waals surface area contributed by atoms with Crippen LogP contribution < -0.4 is 10.5 Å². The van der Waals surface area contributed by atoms with Gasteiger partial charge in [0.1, 0.15) is 11.6 Å². The van der Waals surface area contributed by atoms with Crippen LogP contribution in [0.2, 0.25) is 0 Å². The normalized spacial score (nSPS) is 9.93. The molecule has 0 saturated heterocycles. The summed E-state index contributed by atoms with van der Waals surface area (Å²) in [6.45, 7) is 0. The van der Waals surface area contributed by atoms with Gasteiger partial charge in [-0.15, -0.1) is 0 Å². The molecule has 2 N–H and O–H groups in total. The zero-order chi connectivity index (χ0) is 10.7. The highest BCUT2D eigenvalue weighted by atomic mass is 19.1. The Labute approximate surface area is 86.3 Å². The number of nitrogen functional groups attached to an aromatic ring is 1. The average molecular weight is 204 g/mol. The number of nitrogens with two attached hydrogens (primary N) is 1. The van der Waals surface area contributed by atoms with E-state index in [9.17, 15) is 4.39 Å². The summed E-state index contributed by atoms with van der Waals surface area (Å²) in [5.41, 5.74) is 6.18. The van der Waals surface area contributed by atoms with Gasteiger partial charge in [-0.1, -0.05) is 6.07 Å². The van der Waals surface area contributed by atoms with Crippen LogP contribution in [0, 0.1) is 5.82 Å². The smallest absolute Gasteiger partial charge is 0.219 e.